The van der Waals surface area contributed by atoms with Crippen LogP contribution in [0.15, 0.2) is 30.6 Å². The lowest BCUT2D eigenvalue weighted by Crippen LogP contribution is -2.35. The van der Waals surface area contributed by atoms with Gasteiger partial charge in [0, 0.05) is 24.0 Å². The number of rotatable bonds is 5. The van der Waals surface area contributed by atoms with Crippen LogP contribution in [-0.2, 0) is 6.54 Å². The highest BCUT2D eigenvalue weighted by Crippen LogP contribution is 2.40. The summed E-state index contributed by atoms with van der Waals surface area (Å²) >= 11 is 0. The summed E-state index contributed by atoms with van der Waals surface area (Å²) in [6.45, 7) is 3.45. The van der Waals surface area contributed by atoms with Crippen molar-refractivity contribution in [1.29, 1.82) is 0 Å². The molecule has 1 aromatic carbocycles. The largest absolute Gasteiger partial charge is 0.493 e. The molecule has 0 saturated carbocycles. The fourth-order valence-corrected chi connectivity index (χ4v) is 2.45. The Morgan fingerprint density at radius 1 is 1.43 bits per heavy atom. The van der Waals surface area contributed by atoms with E-state index < -0.39 is 0 Å². The second-order valence-electron chi connectivity index (χ2n) is 5.31. The van der Waals surface area contributed by atoms with Gasteiger partial charge in [-0.15, -0.1) is 0 Å². The smallest absolute Gasteiger partial charge is 0.251 e. The van der Waals surface area contributed by atoms with Crippen LogP contribution in [0.3, 0.4) is 0 Å². The van der Waals surface area contributed by atoms with Crippen molar-refractivity contribution in [3.05, 3.63) is 36.2 Å². The normalized spacial score (nSPS) is 14.2. The van der Waals surface area contributed by atoms with Crippen molar-refractivity contribution in [1.82, 2.24) is 15.1 Å². The molecular weight excluding hydrogens is 298 g/mol. The predicted molar refractivity (Wildman–Crippen MR) is 83.1 cm³/mol. The molecule has 0 aliphatic carbocycles. The Hall–Kier alpha value is -2.70. The van der Waals surface area contributed by atoms with Gasteiger partial charge in [-0.25, -0.2) is 0 Å². The minimum atomic E-state index is -0.195. The lowest BCUT2D eigenvalue weighted by atomic mass is 10.1. The zero-order chi connectivity index (χ0) is 16.2. The molecule has 1 aromatic heterocycles. The first kappa shape index (κ1) is 15.2. The summed E-state index contributed by atoms with van der Waals surface area (Å²) in [4.78, 5) is 12.4. The summed E-state index contributed by atoms with van der Waals surface area (Å²) in [6, 6.07) is 5.11. The number of carbonyl (C=O) groups excluding carboxylic acids is 1. The maximum Gasteiger partial charge on any atom is 0.251 e. The number of methoxy groups -OCH3 is 1. The maximum absolute atomic E-state index is 12.4. The van der Waals surface area contributed by atoms with Crippen molar-refractivity contribution >= 4 is 5.91 Å². The van der Waals surface area contributed by atoms with E-state index in [2.05, 4.69) is 10.4 Å². The highest BCUT2D eigenvalue weighted by atomic mass is 16.6. The van der Waals surface area contributed by atoms with Crippen molar-refractivity contribution in [2.45, 2.75) is 19.5 Å². The Bertz CT molecular complexity index is 668. The summed E-state index contributed by atoms with van der Waals surface area (Å²) < 4.78 is 18.2. The number of amides is 1. The van der Waals surface area contributed by atoms with Gasteiger partial charge in [-0.2, -0.15) is 5.10 Å². The minimum absolute atomic E-state index is 0.0680. The molecule has 1 amide bonds. The van der Waals surface area contributed by atoms with Crippen LogP contribution in [-0.4, -0.2) is 42.1 Å². The van der Waals surface area contributed by atoms with Crippen LogP contribution in [0, 0.1) is 0 Å². The molecule has 0 fully saturated rings. The van der Waals surface area contributed by atoms with Gasteiger partial charge in [0.1, 0.15) is 13.2 Å². The van der Waals surface area contributed by atoms with Gasteiger partial charge in [0.05, 0.1) is 13.7 Å². The molecule has 23 heavy (non-hydrogen) atoms. The van der Waals surface area contributed by atoms with Crippen molar-refractivity contribution < 1.29 is 19.0 Å². The van der Waals surface area contributed by atoms with Gasteiger partial charge in [-0.3, -0.25) is 9.48 Å². The number of aromatic nitrogens is 2. The fraction of sp³-hybridized carbons (Fsp3) is 0.375. The molecule has 0 spiro atoms. The molecule has 0 saturated heterocycles. The van der Waals surface area contributed by atoms with Crippen LogP contribution in [0.25, 0.3) is 0 Å². The molecule has 122 valence electrons. The first-order valence-corrected chi connectivity index (χ1v) is 7.43. The quantitative estimate of drug-likeness (QED) is 0.904. The number of fused-ring (bicyclic) bond motifs is 1. The van der Waals surface area contributed by atoms with Crippen molar-refractivity contribution in [3.63, 3.8) is 0 Å². The van der Waals surface area contributed by atoms with E-state index in [1.807, 2.05) is 19.2 Å². The molecule has 7 heteroatoms. The van der Waals surface area contributed by atoms with Gasteiger partial charge in [-0.1, -0.05) is 0 Å². The molecular formula is C16H19N3O4. The lowest BCUT2D eigenvalue weighted by molar-refractivity contribution is 0.0934. The van der Waals surface area contributed by atoms with Crippen LogP contribution < -0.4 is 19.5 Å². The van der Waals surface area contributed by atoms with Crippen molar-refractivity contribution in [2.24, 2.45) is 0 Å². The summed E-state index contributed by atoms with van der Waals surface area (Å²) in [5.74, 6) is 1.37. The second-order valence-corrected chi connectivity index (χ2v) is 5.31. The van der Waals surface area contributed by atoms with E-state index in [-0.39, 0.29) is 11.9 Å². The number of nitrogens with zero attached hydrogens (tertiary/aromatic N) is 2. The highest BCUT2D eigenvalue weighted by molar-refractivity contribution is 5.95. The second kappa shape index (κ2) is 6.60. The Morgan fingerprint density at radius 2 is 2.26 bits per heavy atom. The topological polar surface area (TPSA) is 74.6 Å². The molecule has 1 aliphatic rings. The van der Waals surface area contributed by atoms with Crippen LogP contribution in [0.4, 0.5) is 0 Å². The standard InChI is InChI=1S/C16H19N3O4/c1-11(10-19-5-3-4-17-19)18-16(20)12-8-13(21-2)15-14(9-12)22-6-7-23-15/h3-5,8-9,11H,6-7,10H2,1-2H3,(H,18,20)/t11-/m0/s1. The molecule has 7 nitrogen and oxygen atoms in total. The highest BCUT2D eigenvalue weighted by Gasteiger charge is 2.21. The van der Waals surface area contributed by atoms with Gasteiger partial charge in [0.2, 0.25) is 5.75 Å². The monoisotopic (exact) mass is 317 g/mol. The van der Waals surface area contributed by atoms with Gasteiger partial charge in [0.25, 0.3) is 5.91 Å². The third-order valence-corrected chi connectivity index (χ3v) is 3.49. The van der Waals surface area contributed by atoms with E-state index in [1.54, 1.807) is 23.0 Å². The first-order chi connectivity index (χ1) is 11.2. The molecule has 2 aromatic rings. The molecule has 0 bridgehead atoms. The Kier molecular flexibility index (Phi) is 4.36. The van der Waals surface area contributed by atoms with E-state index in [4.69, 9.17) is 14.2 Å². The first-order valence-electron chi connectivity index (χ1n) is 7.43. The zero-order valence-corrected chi connectivity index (χ0v) is 13.1. The Labute approximate surface area is 134 Å². The Balaban J connectivity index is 1.74. The van der Waals surface area contributed by atoms with E-state index in [9.17, 15) is 4.79 Å². The SMILES string of the molecule is COc1cc(C(=O)N[C@@H](C)Cn2cccn2)cc2c1OCCO2. The van der Waals surface area contributed by atoms with Crippen LogP contribution in [0.5, 0.6) is 17.2 Å². The number of benzene rings is 1. The van der Waals surface area contributed by atoms with Gasteiger partial charge >= 0.3 is 0 Å². The number of ether oxygens (including phenoxy) is 3. The van der Waals surface area contributed by atoms with Crippen LogP contribution in [0.1, 0.15) is 17.3 Å². The van der Waals surface area contributed by atoms with Crippen molar-refractivity contribution in [2.75, 3.05) is 20.3 Å². The van der Waals surface area contributed by atoms with E-state index >= 15 is 0 Å². The van der Waals surface area contributed by atoms with Gasteiger partial charge in [-0.05, 0) is 25.1 Å². The molecule has 0 unspecified atom stereocenters. The fourth-order valence-electron chi connectivity index (χ4n) is 2.45. The maximum atomic E-state index is 12.4. The van der Waals surface area contributed by atoms with Crippen LogP contribution in [0.2, 0.25) is 0 Å². The van der Waals surface area contributed by atoms with Crippen LogP contribution >= 0.6 is 0 Å². The van der Waals surface area contributed by atoms with E-state index in [0.29, 0.717) is 42.6 Å². The van der Waals surface area contributed by atoms with E-state index in [1.165, 1.54) is 7.11 Å². The molecule has 3 rings (SSSR count). The Morgan fingerprint density at radius 3 is 3.00 bits per heavy atom. The third-order valence-electron chi connectivity index (χ3n) is 3.49. The minimum Gasteiger partial charge on any atom is -0.493 e. The molecule has 0 radical (unpaired) electrons. The molecule has 2 heterocycles. The van der Waals surface area contributed by atoms with Gasteiger partial charge in [0.15, 0.2) is 11.5 Å². The average molecular weight is 317 g/mol. The summed E-state index contributed by atoms with van der Waals surface area (Å²) in [7, 11) is 1.54. The average Bonchev–Trinajstić information content (AvgIpc) is 3.06. The molecule has 1 atom stereocenters. The molecule has 1 aliphatic heterocycles. The summed E-state index contributed by atoms with van der Waals surface area (Å²) in [5, 5.41) is 7.07. The number of hydrogen-bond acceptors (Lipinski definition) is 5. The van der Waals surface area contributed by atoms with Crippen molar-refractivity contribution in [3.8, 4) is 17.2 Å². The number of hydrogen-bond donors (Lipinski definition) is 1. The number of carbonyl (C=O) groups is 1. The molecule has 1 N–H and O–H groups in total. The lowest BCUT2D eigenvalue weighted by Gasteiger charge is -2.21. The summed E-state index contributed by atoms with van der Waals surface area (Å²) in [6.07, 6.45) is 3.57. The zero-order valence-electron chi connectivity index (χ0n) is 13.1. The summed E-state index contributed by atoms with van der Waals surface area (Å²) in [5.41, 5.74) is 0.471. The van der Waals surface area contributed by atoms with Gasteiger partial charge < -0.3 is 19.5 Å². The third kappa shape index (κ3) is 3.39. The van der Waals surface area contributed by atoms with E-state index in [0.717, 1.165) is 0 Å². The number of nitrogens with one attached hydrogen (secondary N) is 1. The predicted octanol–water partition coefficient (Wildman–Crippen LogP) is 1.48.